The Morgan fingerprint density at radius 3 is 1.79 bits per heavy atom. The number of hydrogen-bond donors (Lipinski definition) is 3. The summed E-state index contributed by atoms with van der Waals surface area (Å²) in [4.78, 5) is 33.7. The van der Waals surface area contributed by atoms with Crippen LogP contribution >= 0.6 is 0 Å². The van der Waals surface area contributed by atoms with Crippen molar-refractivity contribution < 1.29 is 9.59 Å². The van der Waals surface area contributed by atoms with E-state index in [0.29, 0.717) is 18.5 Å². The molecular weight excluding hydrogens is 352 g/mol. The Morgan fingerprint density at radius 2 is 1.32 bits per heavy atom. The number of nitrogens with one attached hydrogen (secondary N) is 2. The highest BCUT2D eigenvalue weighted by atomic mass is 16.1. The molecule has 0 saturated heterocycles. The second-order valence-electron chi connectivity index (χ2n) is 7.44. The second-order valence-corrected chi connectivity index (χ2v) is 7.44. The average molecular weight is 376 g/mol. The molecule has 4 rings (SSSR count). The van der Waals surface area contributed by atoms with Crippen LogP contribution < -0.4 is 5.73 Å². The van der Waals surface area contributed by atoms with E-state index in [2.05, 4.69) is 14.9 Å². The zero-order chi connectivity index (χ0) is 19.8. The lowest BCUT2D eigenvalue weighted by atomic mass is 9.86. The number of nitrogens with two attached hydrogens (primary N) is 1. The van der Waals surface area contributed by atoms with E-state index in [1.54, 1.807) is 12.2 Å². The minimum Gasteiger partial charge on any atom is -0.360 e. The first kappa shape index (κ1) is 18.4. The second kappa shape index (κ2) is 7.22. The maximum atomic E-state index is 12.6. The highest BCUT2D eigenvalue weighted by molar-refractivity contribution is 6.20. The highest BCUT2D eigenvalue weighted by Crippen LogP contribution is 2.38. The van der Waals surface area contributed by atoms with Crippen LogP contribution in [0.4, 0.5) is 0 Å². The van der Waals surface area contributed by atoms with Crippen molar-refractivity contribution in [3.8, 4) is 0 Å². The summed E-state index contributed by atoms with van der Waals surface area (Å²) in [6.07, 6.45) is 12.1. The van der Waals surface area contributed by atoms with Crippen LogP contribution in [0.2, 0.25) is 0 Å². The number of nitrogens with zero attached hydrogens (tertiary/aromatic N) is 1. The number of H-pyrrole nitrogens is 2. The van der Waals surface area contributed by atoms with E-state index in [9.17, 15) is 9.59 Å². The van der Waals surface area contributed by atoms with Crippen molar-refractivity contribution in [2.75, 3.05) is 27.2 Å². The Hall–Kier alpha value is -2.96. The number of aromatic nitrogens is 2. The first-order chi connectivity index (χ1) is 13.5. The predicted molar refractivity (Wildman–Crippen MR) is 110 cm³/mol. The highest BCUT2D eigenvalue weighted by Gasteiger charge is 2.28. The van der Waals surface area contributed by atoms with Gasteiger partial charge in [-0.25, -0.2) is 0 Å². The third-order valence-corrected chi connectivity index (χ3v) is 5.29. The number of carbonyl (C=O) groups excluding carboxylic acids is 2. The van der Waals surface area contributed by atoms with E-state index in [0.717, 1.165) is 52.2 Å². The monoisotopic (exact) mass is 376 g/mol. The number of hydrogen-bond acceptors (Lipinski definition) is 4. The first-order valence-corrected chi connectivity index (χ1v) is 9.46. The van der Waals surface area contributed by atoms with Gasteiger partial charge in [0.1, 0.15) is 0 Å². The summed E-state index contributed by atoms with van der Waals surface area (Å²) in [5, 5.41) is 0. The summed E-state index contributed by atoms with van der Waals surface area (Å²) in [7, 11) is 4.04. The number of carbonyl (C=O) groups is 2. The molecule has 6 heteroatoms. The Labute approximate surface area is 163 Å². The van der Waals surface area contributed by atoms with Gasteiger partial charge in [-0.1, -0.05) is 0 Å². The molecule has 0 unspecified atom stereocenters. The van der Waals surface area contributed by atoms with Gasteiger partial charge in [0.05, 0.1) is 22.5 Å². The molecule has 0 atom stereocenters. The lowest BCUT2D eigenvalue weighted by Crippen LogP contribution is -2.16. The van der Waals surface area contributed by atoms with E-state index >= 15 is 0 Å². The van der Waals surface area contributed by atoms with Gasteiger partial charge in [0.15, 0.2) is 11.6 Å². The van der Waals surface area contributed by atoms with E-state index in [1.807, 2.05) is 38.6 Å². The van der Waals surface area contributed by atoms with Crippen molar-refractivity contribution >= 4 is 22.7 Å². The summed E-state index contributed by atoms with van der Waals surface area (Å²) in [5.41, 5.74) is 12.5. The summed E-state index contributed by atoms with van der Waals surface area (Å²) in [6.45, 7) is 1.35. The molecule has 2 aromatic rings. The lowest BCUT2D eigenvalue weighted by molar-refractivity contribution is 0.103. The van der Waals surface area contributed by atoms with Crippen molar-refractivity contribution in [2.45, 2.75) is 12.8 Å². The van der Waals surface area contributed by atoms with E-state index < -0.39 is 0 Å². The van der Waals surface area contributed by atoms with Crippen molar-refractivity contribution in [3.63, 3.8) is 0 Å². The molecule has 0 spiro atoms. The predicted octanol–water partition coefficient (Wildman–Crippen LogP) is 2.36. The topological polar surface area (TPSA) is 95.0 Å². The smallest absolute Gasteiger partial charge is 0.188 e. The van der Waals surface area contributed by atoms with Gasteiger partial charge >= 0.3 is 0 Å². The number of rotatable bonds is 5. The number of aromatic amines is 2. The van der Waals surface area contributed by atoms with Crippen LogP contribution in [0.1, 0.15) is 43.2 Å². The molecule has 144 valence electrons. The van der Waals surface area contributed by atoms with Crippen molar-refractivity contribution in [1.29, 1.82) is 0 Å². The SMILES string of the molecule is CN(C)CCc1c[nH]c2c1C(=O)C=CC2=C1C=CC(=O)c2c(CCN)c[nH]c21. The van der Waals surface area contributed by atoms with Gasteiger partial charge in [0, 0.05) is 30.1 Å². The molecule has 0 saturated carbocycles. The van der Waals surface area contributed by atoms with Gasteiger partial charge in [-0.3, -0.25) is 9.59 Å². The van der Waals surface area contributed by atoms with Gasteiger partial charge in [-0.05, 0) is 68.9 Å². The fourth-order valence-corrected chi connectivity index (χ4v) is 3.91. The zero-order valence-corrected chi connectivity index (χ0v) is 16.1. The third-order valence-electron chi connectivity index (χ3n) is 5.29. The number of allylic oxidation sites excluding steroid dienone is 6. The normalized spacial score (nSPS) is 18.1. The summed E-state index contributed by atoms with van der Waals surface area (Å²) in [6, 6.07) is 0. The molecule has 0 aliphatic heterocycles. The van der Waals surface area contributed by atoms with Crippen LogP contribution in [-0.4, -0.2) is 53.6 Å². The Kier molecular flexibility index (Phi) is 4.75. The van der Waals surface area contributed by atoms with E-state index in [1.165, 1.54) is 0 Å². The minimum atomic E-state index is -0.0155. The number of fused-ring (bicyclic) bond motifs is 2. The summed E-state index contributed by atoms with van der Waals surface area (Å²) in [5.74, 6) is -0.000881. The van der Waals surface area contributed by atoms with Gasteiger partial charge in [0.25, 0.3) is 0 Å². The standard InChI is InChI=1S/C22H24N4O2/c1-26(2)10-8-14-12-25-22-16(4-6-18(28)20(14)22)15-3-5-17(27)19-13(7-9-23)11-24-21(15)19/h3-6,11-12,24-25H,7-10,23H2,1-2H3. The summed E-state index contributed by atoms with van der Waals surface area (Å²) < 4.78 is 0. The number of likely N-dealkylation sites (N-methyl/N-ethyl adjacent to an activating group) is 1. The van der Waals surface area contributed by atoms with Crippen LogP contribution in [-0.2, 0) is 12.8 Å². The molecule has 4 N–H and O–H groups in total. The maximum Gasteiger partial charge on any atom is 0.188 e. The average Bonchev–Trinajstić information content (AvgIpc) is 3.27. The zero-order valence-electron chi connectivity index (χ0n) is 16.1. The van der Waals surface area contributed by atoms with Crippen molar-refractivity contribution in [2.24, 2.45) is 5.73 Å². The molecule has 2 aromatic heterocycles. The van der Waals surface area contributed by atoms with Crippen molar-refractivity contribution in [3.05, 3.63) is 70.3 Å². The third kappa shape index (κ3) is 3.00. The molecule has 6 nitrogen and oxygen atoms in total. The largest absolute Gasteiger partial charge is 0.360 e. The molecule has 0 radical (unpaired) electrons. The van der Waals surface area contributed by atoms with Crippen LogP contribution in [0.25, 0.3) is 11.1 Å². The van der Waals surface area contributed by atoms with Gasteiger partial charge in [-0.15, -0.1) is 0 Å². The molecule has 0 aromatic carbocycles. The first-order valence-electron chi connectivity index (χ1n) is 9.46. The fraction of sp³-hybridized carbons (Fsp3) is 0.273. The van der Waals surface area contributed by atoms with Gasteiger partial charge < -0.3 is 20.6 Å². The Bertz CT molecular complexity index is 1050. The van der Waals surface area contributed by atoms with Crippen LogP contribution in [0.3, 0.4) is 0 Å². The lowest BCUT2D eigenvalue weighted by Gasteiger charge is -2.17. The van der Waals surface area contributed by atoms with E-state index in [-0.39, 0.29) is 11.6 Å². The Balaban J connectivity index is 1.84. The summed E-state index contributed by atoms with van der Waals surface area (Å²) >= 11 is 0. The minimum absolute atomic E-state index is 0.0146. The van der Waals surface area contributed by atoms with Crippen LogP contribution in [0.15, 0.2) is 36.7 Å². The maximum absolute atomic E-state index is 12.6. The molecule has 28 heavy (non-hydrogen) atoms. The number of ketones is 2. The van der Waals surface area contributed by atoms with E-state index in [4.69, 9.17) is 5.73 Å². The van der Waals surface area contributed by atoms with Crippen LogP contribution in [0, 0.1) is 0 Å². The molecule has 2 heterocycles. The molecule has 0 fully saturated rings. The van der Waals surface area contributed by atoms with Gasteiger partial charge in [-0.2, -0.15) is 0 Å². The quantitative estimate of drug-likeness (QED) is 0.747. The Morgan fingerprint density at radius 1 is 0.821 bits per heavy atom. The van der Waals surface area contributed by atoms with Gasteiger partial charge in [0.2, 0.25) is 0 Å². The molecule has 0 amide bonds. The fourth-order valence-electron chi connectivity index (χ4n) is 3.91. The molecule has 0 bridgehead atoms. The molecule has 2 aliphatic carbocycles. The van der Waals surface area contributed by atoms with Crippen molar-refractivity contribution in [1.82, 2.24) is 14.9 Å². The molecule has 2 aliphatic rings. The van der Waals surface area contributed by atoms with Crippen LogP contribution in [0.5, 0.6) is 0 Å². The molecular formula is C22H24N4O2.